The average Bonchev–Trinajstić information content (AvgIpc) is 2.05. The van der Waals surface area contributed by atoms with Gasteiger partial charge >= 0.3 is 0 Å². The van der Waals surface area contributed by atoms with Crippen molar-refractivity contribution in [3.63, 3.8) is 0 Å². The third-order valence-corrected chi connectivity index (χ3v) is 1.83. The Morgan fingerprint density at radius 3 is 2.67 bits per heavy atom. The lowest BCUT2D eigenvalue weighted by Crippen LogP contribution is -1.99. The van der Waals surface area contributed by atoms with Crippen LogP contribution in [0.4, 0.5) is 4.39 Å². The van der Waals surface area contributed by atoms with Gasteiger partial charge < -0.3 is 5.11 Å². The summed E-state index contributed by atoms with van der Waals surface area (Å²) >= 11 is 0. The van der Waals surface area contributed by atoms with E-state index in [-0.39, 0.29) is 5.82 Å². The summed E-state index contributed by atoms with van der Waals surface area (Å²) in [5.41, 5.74) is 0.402. The smallest absolute Gasteiger partial charge is 0.128 e. The Bertz CT molecular complexity index is 247. The van der Waals surface area contributed by atoms with Crippen molar-refractivity contribution in [2.75, 3.05) is 0 Å². The van der Waals surface area contributed by atoms with E-state index in [1.54, 1.807) is 18.2 Å². The summed E-state index contributed by atoms with van der Waals surface area (Å²) in [6, 6.07) is 6.35. The Kier molecular flexibility index (Phi) is 3.23. The molecule has 0 aromatic heterocycles. The maximum absolute atomic E-state index is 13.0. The van der Waals surface area contributed by atoms with Crippen molar-refractivity contribution in [2.24, 2.45) is 0 Å². The predicted molar refractivity (Wildman–Crippen MR) is 46.3 cm³/mol. The van der Waals surface area contributed by atoms with Crippen LogP contribution in [-0.4, -0.2) is 5.11 Å². The molecular weight excluding hydrogens is 155 g/mol. The fourth-order valence-electron chi connectivity index (χ4n) is 1.17. The lowest BCUT2D eigenvalue weighted by Gasteiger charge is -2.09. The highest BCUT2D eigenvalue weighted by Crippen LogP contribution is 2.20. The van der Waals surface area contributed by atoms with Crippen LogP contribution < -0.4 is 0 Å². The van der Waals surface area contributed by atoms with Crippen LogP contribution in [0.15, 0.2) is 24.3 Å². The van der Waals surface area contributed by atoms with Crippen LogP contribution in [0.5, 0.6) is 0 Å². The molecule has 0 bridgehead atoms. The number of aliphatic hydroxyl groups excluding tert-OH is 1. The first-order chi connectivity index (χ1) is 5.75. The lowest BCUT2D eigenvalue weighted by atomic mass is 10.1. The molecule has 0 amide bonds. The van der Waals surface area contributed by atoms with E-state index in [0.717, 1.165) is 6.42 Å². The number of halogens is 1. The minimum absolute atomic E-state index is 0.321. The van der Waals surface area contributed by atoms with Gasteiger partial charge in [0.05, 0.1) is 6.10 Å². The highest BCUT2D eigenvalue weighted by Gasteiger charge is 2.09. The predicted octanol–water partition coefficient (Wildman–Crippen LogP) is 2.66. The normalized spacial score (nSPS) is 12.9. The molecule has 1 atom stereocenters. The largest absolute Gasteiger partial charge is 0.388 e. The molecule has 0 heterocycles. The molecule has 66 valence electrons. The molecule has 0 aliphatic heterocycles. The number of benzene rings is 1. The van der Waals surface area contributed by atoms with Crippen LogP contribution in [0.2, 0.25) is 0 Å². The van der Waals surface area contributed by atoms with Crippen LogP contribution in [-0.2, 0) is 0 Å². The first-order valence-corrected chi connectivity index (χ1v) is 4.18. The zero-order chi connectivity index (χ0) is 8.97. The zero-order valence-electron chi connectivity index (χ0n) is 7.13. The van der Waals surface area contributed by atoms with Gasteiger partial charge in [-0.25, -0.2) is 4.39 Å². The van der Waals surface area contributed by atoms with E-state index in [9.17, 15) is 9.50 Å². The van der Waals surface area contributed by atoms with Gasteiger partial charge in [-0.3, -0.25) is 0 Å². The molecule has 1 aromatic rings. The summed E-state index contributed by atoms with van der Waals surface area (Å²) in [6.07, 6.45) is 0.812. The van der Waals surface area contributed by atoms with Crippen molar-refractivity contribution in [3.8, 4) is 0 Å². The number of aliphatic hydroxyl groups is 1. The monoisotopic (exact) mass is 168 g/mol. The fourth-order valence-corrected chi connectivity index (χ4v) is 1.17. The van der Waals surface area contributed by atoms with E-state index >= 15 is 0 Å². The SMILES string of the molecule is CCCC(O)c1ccccc1F. The summed E-state index contributed by atoms with van der Waals surface area (Å²) in [6.45, 7) is 1.96. The molecule has 0 aliphatic rings. The van der Waals surface area contributed by atoms with Crippen LogP contribution >= 0.6 is 0 Å². The molecule has 0 saturated heterocycles. The number of rotatable bonds is 3. The molecule has 1 unspecified atom stereocenters. The maximum Gasteiger partial charge on any atom is 0.128 e. The van der Waals surface area contributed by atoms with Gasteiger partial charge in [0.25, 0.3) is 0 Å². The van der Waals surface area contributed by atoms with E-state index in [4.69, 9.17) is 0 Å². The summed E-state index contributed by atoms with van der Waals surface area (Å²) in [7, 11) is 0. The highest BCUT2D eigenvalue weighted by molar-refractivity contribution is 5.19. The molecule has 1 nitrogen and oxygen atoms in total. The highest BCUT2D eigenvalue weighted by atomic mass is 19.1. The Hall–Kier alpha value is -0.890. The van der Waals surface area contributed by atoms with E-state index in [1.165, 1.54) is 6.07 Å². The number of hydrogen-bond donors (Lipinski definition) is 1. The van der Waals surface area contributed by atoms with Gasteiger partial charge in [-0.2, -0.15) is 0 Å². The van der Waals surface area contributed by atoms with Crippen molar-refractivity contribution < 1.29 is 9.50 Å². The standard InChI is InChI=1S/C10H13FO/c1-2-5-10(12)8-6-3-4-7-9(8)11/h3-4,6-7,10,12H,2,5H2,1H3. The lowest BCUT2D eigenvalue weighted by molar-refractivity contribution is 0.162. The maximum atomic E-state index is 13.0. The van der Waals surface area contributed by atoms with Crippen molar-refractivity contribution in [2.45, 2.75) is 25.9 Å². The second kappa shape index (κ2) is 4.21. The van der Waals surface area contributed by atoms with Gasteiger partial charge in [-0.15, -0.1) is 0 Å². The molecular formula is C10H13FO. The quantitative estimate of drug-likeness (QED) is 0.735. The van der Waals surface area contributed by atoms with E-state index in [1.807, 2.05) is 6.92 Å². The van der Waals surface area contributed by atoms with E-state index in [2.05, 4.69) is 0 Å². The molecule has 0 saturated carbocycles. The molecule has 1 aromatic carbocycles. The molecule has 0 fully saturated rings. The number of hydrogen-bond acceptors (Lipinski definition) is 1. The second-order valence-corrected chi connectivity index (χ2v) is 2.83. The van der Waals surface area contributed by atoms with E-state index < -0.39 is 6.10 Å². The Morgan fingerprint density at radius 1 is 1.42 bits per heavy atom. The van der Waals surface area contributed by atoms with Crippen molar-refractivity contribution in [3.05, 3.63) is 35.6 Å². The van der Waals surface area contributed by atoms with Crippen molar-refractivity contribution >= 4 is 0 Å². The second-order valence-electron chi connectivity index (χ2n) is 2.83. The van der Waals surface area contributed by atoms with Crippen LogP contribution in [0.3, 0.4) is 0 Å². The van der Waals surface area contributed by atoms with Gasteiger partial charge in [-0.1, -0.05) is 31.5 Å². The molecule has 0 radical (unpaired) electrons. The molecule has 12 heavy (non-hydrogen) atoms. The van der Waals surface area contributed by atoms with E-state index in [0.29, 0.717) is 12.0 Å². The minimum atomic E-state index is -0.656. The fraction of sp³-hybridized carbons (Fsp3) is 0.400. The Balaban J connectivity index is 2.79. The van der Waals surface area contributed by atoms with Gasteiger partial charge in [0, 0.05) is 5.56 Å². The molecule has 1 rings (SSSR count). The van der Waals surface area contributed by atoms with Crippen molar-refractivity contribution in [1.29, 1.82) is 0 Å². The third kappa shape index (κ3) is 2.05. The summed E-state index contributed by atoms with van der Waals surface area (Å²) in [4.78, 5) is 0. The van der Waals surface area contributed by atoms with Crippen LogP contribution in [0, 0.1) is 5.82 Å². The first kappa shape index (κ1) is 9.20. The van der Waals surface area contributed by atoms with Crippen molar-refractivity contribution in [1.82, 2.24) is 0 Å². The molecule has 1 N–H and O–H groups in total. The first-order valence-electron chi connectivity index (χ1n) is 4.18. The Labute approximate surface area is 71.9 Å². The molecule has 2 heteroatoms. The van der Waals surface area contributed by atoms with Crippen LogP contribution in [0.25, 0.3) is 0 Å². The van der Waals surface area contributed by atoms with Crippen LogP contribution in [0.1, 0.15) is 31.4 Å². The third-order valence-electron chi connectivity index (χ3n) is 1.83. The summed E-state index contributed by atoms with van der Waals surface area (Å²) < 4.78 is 13.0. The average molecular weight is 168 g/mol. The minimum Gasteiger partial charge on any atom is -0.388 e. The van der Waals surface area contributed by atoms with Gasteiger partial charge in [0.1, 0.15) is 5.82 Å². The molecule has 0 aliphatic carbocycles. The Morgan fingerprint density at radius 2 is 2.08 bits per heavy atom. The zero-order valence-corrected chi connectivity index (χ0v) is 7.13. The van der Waals surface area contributed by atoms with Gasteiger partial charge in [-0.05, 0) is 12.5 Å². The van der Waals surface area contributed by atoms with Gasteiger partial charge in [0.15, 0.2) is 0 Å². The van der Waals surface area contributed by atoms with Gasteiger partial charge in [0.2, 0.25) is 0 Å². The summed E-state index contributed by atoms with van der Waals surface area (Å²) in [5, 5.41) is 9.46. The molecule has 0 spiro atoms. The topological polar surface area (TPSA) is 20.2 Å². The summed E-state index contributed by atoms with van der Waals surface area (Å²) in [5.74, 6) is -0.321.